The summed E-state index contributed by atoms with van der Waals surface area (Å²) in [6, 6.07) is 17.2. The minimum Gasteiger partial charge on any atom is -0.382 e. The predicted molar refractivity (Wildman–Crippen MR) is 210 cm³/mol. The van der Waals surface area contributed by atoms with Crippen molar-refractivity contribution in [3.05, 3.63) is 94.0 Å². The van der Waals surface area contributed by atoms with Crippen molar-refractivity contribution in [1.29, 1.82) is 0 Å². The van der Waals surface area contributed by atoms with Gasteiger partial charge in [-0.1, -0.05) is 61.4 Å². The summed E-state index contributed by atoms with van der Waals surface area (Å²) in [5, 5.41) is 3.42. The summed E-state index contributed by atoms with van der Waals surface area (Å²) in [4.78, 5) is 5.07. The maximum absolute atomic E-state index is 8.27. The Morgan fingerprint density at radius 3 is 1.83 bits per heavy atom. The summed E-state index contributed by atoms with van der Waals surface area (Å²) >= 11 is 0. The highest BCUT2D eigenvalue weighted by Crippen LogP contribution is 2.47. The maximum atomic E-state index is 8.27. The number of nitrogens with zero attached hydrogens (tertiary/aromatic N) is 5. The highest BCUT2D eigenvalue weighted by molar-refractivity contribution is 6.03. The lowest BCUT2D eigenvalue weighted by atomic mass is 9.81. The zero-order valence-corrected chi connectivity index (χ0v) is 32.9. The van der Waals surface area contributed by atoms with Crippen LogP contribution in [0.5, 0.6) is 0 Å². The molecule has 0 amide bonds. The van der Waals surface area contributed by atoms with Gasteiger partial charge in [-0.05, 0) is 37.1 Å². The number of anilines is 1. The Bertz CT molecular complexity index is 1570. The molecule has 2 aliphatic rings. The van der Waals surface area contributed by atoms with Gasteiger partial charge in [0.25, 0.3) is 6.73 Å². The van der Waals surface area contributed by atoms with Gasteiger partial charge in [-0.3, -0.25) is 0 Å². The Labute approximate surface area is 321 Å². The van der Waals surface area contributed by atoms with Crippen molar-refractivity contribution in [2.24, 2.45) is 5.11 Å². The number of hydrogen-bond donors (Lipinski definition) is 0. The minimum atomic E-state index is -0.204. The van der Waals surface area contributed by atoms with Gasteiger partial charge in [0.2, 0.25) is 5.69 Å². The SMILES string of the molecule is COCCOCCOCCOC[N+]1=C(C=CC=C2N(CCOCCOCCOCCOCCN=[N+]=[N-])c3ccccc3C2(C)C)C(C)(C)c2ccccc21. The highest BCUT2D eigenvalue weighted by Gasteiger charge is 2.44. The van der Waals surface area contributed by atoms with Crippen LogP contribution in [0.25, 0.3) is 10.4 Å². The molecule has 54 heavy (non-hydrogen) atoms. The summed E-state index contributed by atoms with van der Waals surface area (Å²) in [5.74, 6) is 0. The van der Waals surface area contributed by atoms with Gasteiger partial charge < -0.3 is 42.8 Å². The number of azide groups is 1. The van der Waals surface area contributed by atoms with Gasteiger partial charge in [-0.15, -0.1) is 0 Å². The summed E-state index contributed by atoms with van der Waals surface area (Å²) in [5.41, 5.74) is 15.2. The van der Waals surface area contributed by atoms with Crippen LogP contribution >= 0.6 is 0 Å². The third-order valence-electron chi connectivity index (χ3n) is 9.48. The number of methoxy groups -OCH3 is 1. The van der Waals surface area contributed by atoms with Gasteiger partial charge in [-0.2, -0.15) is 4.58 Å². The Morgan fingerprint density at radius 2 is 1.20 bits per heavy atom. The first-order chi connectivity index (χ1) is 26.3. The Hall–Kier alpha value is -3.62. The van der Waals surface area contributed by atoms with Crippen LogP contribution in [-0.2, 0) is 48.7 Å². The highest BCUT2D eigenvalue weighted by atomic mass is 16.6. The van der Waals surface area contributed by atoms with E-state index in [1.165, 1.54) is 28.2 Å². The summed E-state index contributed by atoms with van der Waals surface area (Å²) in [6.07, 6.45) is 6.67. The Morgan fingerprint density at radius 1 is 0.667 bits per heavy atom. The van der Waals surface area contributed by atoms with Crippen molar-refractivity contribution >= 4 is 17.1 Å². The monoisotopic (exact) mass is 750 g/mol. The topological polar surface area (TPSA) is 129 Å². The molecule has 0 saturated carbocycles. The van der Waals surface area contributed by atoms with E-state index in [1.807, 2.05) is 0 Å². The van der Waals surface area contributed by atoms with E-state index < -0.39 is 0 Å². The van der Waals surface area contributed by atoms with E-state index in [9.17, 15) is 0 Å². The quantitative estimate of drug-likeness (QED) is 0.0322. The average molecular weight is 751 g/mol. The zero-order valence-electron chi connectivity index (χ0n) is 32.9. The van der Waals surface area contributed by atoms with E-state index >= 15 is 0 Å². The number of ether oxygens (including phenoxy) is 8. The van der Waals surface area contributed by atoms with Crippen LogP contribution in [0.2, 0.25) is 0 Å². The van der Waals surface area contributed by atoms with Crippen LogP contribution in [0.4, 0.5) is 11.4 Å². The first-order valence-corrected chi connectivity index (χ1v) is 18.9. The van der Waals surface area contributed by atoms with Crippen LogP contribution in [0, 0.1) is 0 Å². The number of benzene rings is 2. The molecule has 2 heterocycles. The smallest absolute Gasteiger partial charge is 0.253 e. The first-order valence-electron chi connectivity index (χ1n) is 18.9. The molecular weight excluding hydrogens is 690 g/mol. The van der Waals surface area contributed by atoms with Gasteiger partial charge in [0.15, 0.2) is 5.71 Å². The molecule has 0 fully saturated rings. The van der Waals surface area contributed by atoms with Crippen molar-refractivity contribution in [2.75, 3.05) is 124 Å². The van der Waals surface area contributed by atoms with Crippen LogP contribution in [0.15, 0.2) is 77.6 Å². The number of allylic oxidation sites excluding steroid dienone is 4. The fourth-order valence-electron chi connectivity index (χ4n) is 6.70. The van der Waals surface area contributed by atoms with Crippen molar-refractivity contribution < 1.29 is 42.5 Å². The fraction of sp³-hybridized carbons (Fsp3) is 0.585. The van der Waals surface area contributed by atoms with Gasteiger partial charge in [0, 0.05) is 59.6 Å². The number of fused-ring (bicyclic) bond motifs is 2. The molecular formula is C41H60N5O8+. The van der Waals surface area contributed by atoms with Crippen molar-refractivity contribution in [1.82, 2.24) is 0 Å². The van der Waals surface area contributed by atoms with Crippen molar-refractivity contribution in [3.63, 3.8) is 0 Å². The molecule has 0 unspecified atom stereocenters. The zero-order chi connectivity index (χ0) is 38.5. The maximum Gasteiger partial charge on any atom is 0.253 e. The van der Waals surface area contributed by atoms with Gasteiger partial charge in [0.05, 0.1) is 97.9 Å². The van der Waals surface area contributed by atoms with Crippen LogP contribution in [0.3, 0.4) is 0 Å². The lowest BCUT2D eigenvalue weighted by Gasteiger charge is -2.27. The third kappa shape index (κ3) is 12.5. The second-order valence-electron chi connectivity index (χ2n) is 13.8. The van der Waals surface area contributed by atoms with Crippen LogP contribution in [0.1, 0.15) is 38.8 Å². The largest absolute Gasteiger partial charge is 0.382 e. The molecule has 2 aromatic rings. The molecule has 2 aromatic carbocycles. The Kier molecular flexibility index (Phi) is 18.6. The second-order valence-corrected chi connectivity index (χ2v) is 13.8. The van der Waals surface area contributed by atoms with Crippen molar-refractivity contribution in [3.8, 4) is 0 Å². The molecule has 2 aliphatic heterocycles. The summed E-state index contributed by atoms with van der Waals surface area (Å²) in [6.45, 7) is 17.6. The number of hydrogen-bond acceptors (Lipinski definition) is 10. The average Bonchev–Trinajstić information content (AvgIpc) is 3.52. The number of para-hydroxylation sites is 2. The molecule has 0 N–H and O–H groups in total. The first kappa shape index (κ1) is 43.1. The molecule has 296 valence electrons. The van der Waals surface area contributed by atoms with E-state index in [-0.39, 0.29) is 10.8 Å². The minimum absolute atomic E-state index is 0.184. The van der Waals surface area contributed by atoms with Gasteiger partial charge in [0.1, 0.15) is 0 Å². The summed E-state index contributed by atoms with van der Waals surface area (Å²) in [7, 11) is 1.66. The molecule has 0 aliphatic carbocycles. The van der Waals surface area contributed by atoms with Gasteiger partial charge >= 0.3 is 0 Å². The molecule has 4 rings (SSSR count). The van der Waals surface area contributed by atoms with Crippen LogP contribution < -0.4 is 4.90 Å². The molecule has 0 aromatic heterocycles. The molecule has 13 heteroatoms. The number of rotatable bonds is 28. The van der Waals surface area contributed by atoms with Crippen molar-refractivity contribution in [2.45, 2.75) is 38.5 Å². The van der Waals surface area contributed by atoms with E-state index in [0.29, 0.717) is 106 Å². The van der Waals surface area contributed by atoms with E-state index in [2.05, 4.69) is 114 Å². The summed E-state index contributed by atoms with van der Waals surface area (Å²) < 4.78 is 47.1. The molecule has 0 radical (unpaired) electrons. The molecule has 13 nitrogen and oxygen atoms in total. The molecule has 0 atom stereocenters. The lowest BCUT2D eigenvalue weighted by Crippen LogP contribution is -2.30. The van der Waals surface area contributed by atoms with E-state index in [0.717, 1.165) is 12.2 Å². The second kappa shape index (κ2) is 23.3. The van der Waals surface area contributed by atoms with E-state index in [1.54, 1.807) is 7.11 Å². The molecule has 0 bridgehead atoms. The van der Waals surface area contributed by atoms with E-state index in [4.69, 9.17) is 43.4 Å². The third-order valence-corrected chi connectivity index (χ3v) is 9.48. The standard InChI is InChI=1S/C41H60N5O8/c1-40(2)34-11-6-8-13-36(34)45(18-20-49-24-26-52-30-29-51-25-23-48-19-17-43-44-42)38(40)15-10-16-39-41(3,4)35-12-7-9-14-37(35)46(39)33-54-32-31-53-28-27-50-22-21-47-5/h6-16H,17-33H2,1-5H3/q+1. The predicted octanol–water partition coefficient (Wildman–Crippen LogP) is 6.33. The molecule has 0 spiro atoms. The lowest BCUT2D eigenvalue weighted by molar-refractivity contribution is -0.489. The Balaban J connectivity index is 1.32. The normalized spacial score (nSPS) is 16.4. The fourth-order valence-corrected chi connectivity index (χ4v) is 6.70. The van der Waals surface area contributed by atoms with Gasteiger partial charge in [-0.25, -0.2) is 0 Å². The molecule has 0 saturated heterocycles. The van der Waals surface area contributed by atoms with Crippen LogP contribution in [-0.4, -0.2) is 130 Å².